The average Bonchev–Trinajstić information content (AvgIpc) is 2.56. The molecule has 128 valence electrons. The number of likely N-dealkylation sites (tertiary alicyclic amines) is 2. The lowest BCUT2D eigenvalue weighted by atomic mass is 9.69. The lowest BCUT2D eigenvalue weighted by Crippen LogP contribution is -2.61. The zero-order chi connectivity index (χ0) is 16.6. The van der Waals surface area contributed by atoms with Gasteiger partial charge >= 0.3 is 0 Å². The largest absolute Gasteiger partial charge is 0.396 e. The molecule has 2 aliphatic heterocycles. The Morgan fingerprint density at radius 2 is 2.04 bits per heavy atom. The van der Waals surface area contributed by atoms with E-state index in [1.807, 2.05) is 0 Å². The lowest BCUT2D eigenvalue weighted by Gasteiger charge is -2.53. The number of aliphatic hydroxyl groups is 1. The topological polar surface area (TPSA) is 26.7 Å². The highest BCUT2D eigenvalue weighted by molar-refractivity contribution is 5.26. The molecule has 0 radical (unpaired) electrons. The highest BCUT2D eigenvalue weighted by Crippen LogP contribution is 2.41. The first kappa shape index (κ1) is 16.8. The molecule has 0 bridgehead atoms. The normalized spacial score (nSPS) is 29.5. The van der Waals surface area contributed by atoms with Gasteiger partial charge in [0.05, 0.1) is 6.61 Å². The number of likely N-dealkylation sites (N-methyl/N-ethyl adjacent to an activating group) is 1. The van der Waals surface area contributed by atoms with E-state index >= 15 is 0 Å². The Balaban J connectivity index is 1.78. The van der Waals surface area contributed by atoms with Gasteiger partial charge in [-0.1, -0.05) is 6.07 Å². The Morgan fingerprint density at radius 1 is 1.26 bits per heavy atom. The van der Waals surface area contributed by atoms with E-state index in [1.165, 1.54) is 12.1 Å². The molecule has 1 aromatic rings. The summed E-state index contributed by atoms with van der Waals surface area (Å²) in [7, 11) is 2.09. The van der Waals surface area contributed by atoms with Crippen molar-refractivity contribution in [1.82, 2.24) is 9.80 Å². The second-order valence-corrected chi connectivity index (χ2v) is 7.26. The van der Waals surface area contributed by atoms with Crippen LogP contribution < -0.4 is 0 Å². The molecule has 0 unspecified atom stereocenters. The Kier molecular flexibility index (Phi) is 4.72. The van der Waals surface area contributed by atoms with E-state index < -0.39 is 11.6 Å². The SMILES string of the molecule is Cc1ccc(F)c(CN2CC[C@@]3(CO)CCCN(C)[C@@H]3C2)c1F. The first-order valence-corrected chi connectivity index (χ1v) is 8.44. The summed E-state index contributed by atoms with van der Waals surface area (Å²) >= 11 is 0. The zero-order valence-electron chi connectivity index (χ0n) is 14.0. The van der Waals surface area contributed by atoms with Gasteiger partial charge < -0.3 is 10.0 Å². The predicted molar refractivity (Wildman–Crippen MR) is 86.2 cm³/mol. The minimum Gasteiger partial charge on any atom is -0.396 e. The Hall–Kier alpha value is -1.04. The van der Waals surface area contributed by atoms with Crippen LogP contribution in [0.4, 0.5) is 8.78 Å². The number of rotatable bonds is 3. The molecule has 3 rings (SSSR count). The molecule has 2 heterocycles. The number of benzene rings is 1. The molecule has 0 saturated carbocycles. The summed E-state index contributed by atoms with van der Waals surface area (Å²) in [6, 6.07) is 3.09. The highest BCUT2D eigenvalue weighted by Gasteiger charge is 2.46. The standard InChI is InChI=1S/C18H26F2N2O/c1-13-4-5-15(19)14(17(13)20)10-22-9-7-18(12-23)6-3-8-21(2)16(18)11-22/h4-5,16,23H,3,6-12H2,1-2H3/t16-,18-/m1/s1. The molecule has 2 aliphatic rings. The third-order valence-electron chi connectivity index (χ3n) is 5.86. The van der Waals surface area contributed by atoms with E-state index in [4.69, 9.17) is 0 Å². The fourth-order valence-corrected chi connectivity index (χ4v) is 4.30. The van der Waals surface area contributed by atoms with Gasteiger partial charge in [-0.05, 0) is 58.0 Å². The number of halogens is 2. The lowest BCUT2D eigenvalue weighted by molar-refractivity contribution is -0.0687. The first-order valence-electron chi connectivity index (χ1n) is 8.44. The van der Waals surface area contributed by atoms with Crippen molar-refractivity contribution >= 4 is 0 Å². The third kappa shape index (κ3) is 3.02. The van der Waals surface area contributed by atoms with Gasteiger partial charge in [-0.3, -0.25) is 4.90 Å². The van der Waals surface area contributed by atoms with Crippen LogP contribution in [0.1, 0.15) is 30.4 Å². The second-order valence-electron chi connectivity index (χ2n) is 7.26. The van der Waals surface area contributed by atoms with Gasteiger partial charge in [0.15, 0.2) is 0 Å². The number of fused-ring (bicyclic) bond motifs is 1. The molecule has 2 saturated heterocycles. The maximum absolute atomic E-state index is 14.3. The smallest absolute Gasteiger partial charge is 0.133 e. The van der Waals surface area contributed by atoms with E-state index in [0.717, 1.165) is 38.9 Å². The summed E-state index contributed by atoms with van der Waals surface area (Å²) in [6.45, 7) is 4.71. The van der Waals surface area contributed by atoms with Crippen molar-refractivity contribution in [2.45, 2.75) is 38.8 Å². The average molecular weight is 324 g/mol. The third-order valence-corrected chi connectivity index (χ3v) is 5.86. The van der Waals surface area contributed by atoms with Crippen molar-refractivity contribution in [2.24, 2.45) is 5.41 Å². The van der Waals surface area contributed by atoms with Gasteiger partial charge in [-0.25, -0.2) is 8.78 Å². The molecule has 1 N–H and O–H groups in total. The van der Waals surface area contributed by atoms with Crippen LogP contribution in [0.5, 0.6) is 0 Å². The van der Waals surface area contributed by atoms with Crippen molar-refractivity contribution in [3.8, 4) is 0 Å². The van der Waals surface area contributed by atoms with Gasteiger partial charge in [0, 0.05) is 30.1 Å². The molecule has 1 aromatic carbocycles. The monoisotopic (exact) mass is 324 g/mol. The maximum Gasteiger partial charge on any atom is 0.133 e. The summed E-state index contributed by atoms with van der Waals surface area (Å²) < 4.78 is 28.3. The minimum atomic E-state index is -0.468. The van der Waals surface area contributed by atoms with Gasteiger partial charge in [0.2, 0.25) is 0 Å². The molecule has 0 aliphatic carbocycles. The molecule has 23 heavy (non-hydrogen) atoms. The quantitative estimate of drug-likeness (QED) is 0.926. The Morgan fingerprint density at radius 3 is 2.78 bits per heavy atom. The molecular weight excluding hydrogens is 298 g/mol. The number of piperidine rings is 2. The maximum atomic E-state index is 14.3. The summed E-state index contributed by atoms with van der Waals surface area (Å²) in [5, 5.41) is 9.93. The molecule has 0 amide bonds. The fourth-order valence-electron chi connectivity index (χ4n) is 4.30. The summed E-state index contributed by atoms with van der Waals surface area (Å²) in [5.41, 5.74) is 0.602. The van der Waals surface area contributed by atoms with Crippen LogP contribution in [-0.2, 0) is 6.54 Å². The van der Waals surface area contributed by atoms with E-state index in [-0.39, 0.29) is 23.6 Å². The van der Waals surface area contributed by atoms with E-state index in [9.17, 15) is 13.9 Å². The van der Waals surface area contributed by atoms with Gasteiger partial charge in [0.1, 0.15) is 11.6 Å². The number of aliphatic hydroxyl groups excluding tert-OH is 1. The number of nitrogens with zero attached hydrogens (tertiary/aromatic N) is 2. The van der Waals surface area contributed by atoms with Crippen molar-refractivity contribution in [1.29, 1.82) is 0 Å². The van der Waals surface area contributed by atoms with Crippen molar-refractivity contribution in [3.05, 3.63) is 34.9 Å². The van der Waals surface area contributed by atoms with Crippen LogP contribution in [0.25, 0.3) is 0 Å². The highest BCUT2D eigenvalue weighted by atomic mass is 19.1. The van der Waals surface area contributed by atoms with Crippen LogP contribution in [0.3, 0.4) is 0 Å². The molecule has 2 fully saturated rings. The van der Waals surface area contributed by atoms with Crippen LogP contribution in [0.2, 0.25) is 0 Å². The van der Waals surface area contributed by atoms with Crippen LogP contribution in [0, 0.1) is 24.0 Å². The van der Waals surface area contributed by atoms with E-state index in [1.54, 1.807) is 6.92 Å². The second kappa shape index (κ2) is 6.46. The predicted octanol–water partition coefficient (Wildman–Crippen LogP) is 2.55. The van der Waals surface area contributed by atoms with E-state index in [2.05, 4.69) is 16.8 Å². The Bertz CT molecular complexity index is 580. The fraction of sp³-hybridized carbons (Fsp3) is 0.667. The minimum absolute atomic E-state index is 0.0484. The van der Waals surface area contributed by atoms with Crippen LogP contribution in [0.15, 0.2) is 12.1 Å². The van der Waals surface area contributed by atoms with Crippen molar-refractivity contribution in [3.63, 3.8) is 0 Å². The Labute approximate surface area is 136 Å². The summed E-state index contributed by atoms with van der Waals surface area (Å²) in [4.78, 5) is 4.43. The van der Waals surface area contributed by atoms with Crippen LogP contribution >= 0.6 is 0 Å². The number of hydrogen-bond acceptors (Lipinski definition) is 3. The van der Waals surface area contributed by atoms with Gasteiger partial charge in [-0.15, -0.1) is 0 Å². The number of aryl methyl sites for hydroxylation is 1. The molecule has 3 nitrogen and oxygen atoms in total. The molecule has 5 heteroatoms. The first-order chi connectivity index (χ1) is 11.0. The molecule has 0 aromatic heterocycles. The number of hydrogen-bond donors (Lipinski definition) is 1. The molecule has 2 atom stereocenters. The van der Waals surface area contributed by atoms with Gasteiger partial charge in [0.25, 0.3) is 0 Å². The van der Waals surface area contributed by atoms with Crippen molar-refractivity contribution < 1.29 is 13.9 Å². The van der Waals surface area contributed by atoms with Crippen molar-refractivity contribution in [2.75, 3.05) is 33.3 Å². The van der Waals surface area contributed by atoms with E-state index in [0.29, 0.717) is 12.1 Å². The summed E-state index contributed by atoms with van der Waals surface area (Å²) in [6.07, 6.45) is 3.03. The molecule has 0 spiro atoms. The van der Waals surface area contributed by atoms with Gasteiger partial charge in [-0.2, -0.15) is 0 Å². The molecular formula is C18H26F2N2O. The van der Waals surface area contributed by atoms with Crippen LogP contribution in [-0.4, -0.2) is 54.2 Å². The zero-order valence-corrected chi connectivity index (χ0v) is 14.0. The summed E-state index contributed by atoms with van der Waals surface area (Å²) in [5.74, 6) is -0.898.